The van der Waals surface area contributed by atoms with Crippen molar-refractivity contribution in [1.29, 1.82) is 0 Å². The number of benzene rings is 1. The van der Waals surface area contributed by atoms with Gasteiger partial charge in [-0.15, -0.1) is 0 Å². The van der Waals surface area contributed by atoms with Gasteiger partial charge >= 0.3 is 0 Å². The van der Waals surface area contributed by atoms with Gasteiger partial charge in [-0.3, -0.25) is 0 Å². The quantitative estimate of drug-likeness (QED) is 0.701. The SMILES string of the molecule is C.CNc1cccc(NCOC)c1. The molecule has 74 valence electrons. The molecule has 0 aliphatic carbocycles. The third-order valence-corrected chi connectivity index (χ3v) is 1.57. The summed E-state index contributed by atoms with van der Waals surface area (Å²) in [5, 5.41) is 6.17. The minimum absolute atomic E-state index is 0. The Kier molecular flexibility index (Phi) is 5.72. The van der Waals surface area contributed by atoms with Crippen molar-refractivity contribution >= 4 is 11.4 Å². The molecule has 0 saturated heterocycles. The van der Waals surface area contributed by atoms with E-state index in [0.717, 1.165) is 11.4 Å². The second-order valence-electron chi connectivity index (χ2n) is 2.44. The Morgan fingerprint density at radius 3 is 2.62 bits per heavy atom. The lowest BCUT2D eigenvalue weighted by molar-refractivity contribution is 0.221. The molecule has 3 heteroatoms. The first kappa shape index (κ1) is 11.8. The van der Waals surface area contributed by atoms with Crippen molar-refractivity contribution < 1.29 is 4.74 Å². The molecule has 0 aromatic heterocycles. The third kappa shape index (κ3) is 3.80. The number of anilines is 2. The summed E-state index contributed by atoms with van der Waals surface area (Å²) in [4.78, 5) is 0. The lowest BCUT2D eigenvalue weighted by atomic mass is 10.3. The smallest absolute Gasteiger partial charge is 0.116 e. The van der Waals surface area contributed by atoms with Crippen molar-refractivity contribution in [2.45, 2.75) is 7.43 Å². The van der Waals surface area contributed by atoms with E-state index in [1.165, 1.54) is 0 Å². The minimum Gasteiger partial charge on any atom is -0.388 e. The zero-order chi connectivity index (χ0) is 8.81. The summed E-state index contributed by atoms with van der Waals surface area (Å²) in [6.45, 7) is 0.535. The third-order valence-electron chi connectivity index (χ3n) is 1.57. The zero-order valence-corrected chi connectivity index (χ0v) is 7.42. The average molecular weight is 182 g/mol. The molecule has 1 aromatic rings. The van der Waals surface area contributed by atoms with Crippen molar-refractivity contribution in [2.24, 2.45) is 0 Å². The maximum atomic E-state index is 4.89. The summed E-state index contributed by atoms with van der Waals surface area (Å²) in [6, 6.07) is 8.03. The minimum atomic E-state index is 0. The van der Waals surface area contributed by atoms with Crippen LogP contribution in [0.25, 0.3) is 0 Å². The predicted octanol–water partition coefficient (Wildman–Crippen LogP) is 2.38. The molecule has 13 heavy (non-hydrogen) atoms. The van der Waals surface area contributed by atoms with Crippen LogP contribution in [0.15, 0.2) is 24.3 Å². The summed E-state index contributed by atoms with van der Waals surface area (Å²) < 4.78 is 4.89. The Balaban J connectivity index is 0.00000144. The molecule has 0 unspecified atom stereocenters. The lowest BCUT2D eigenvalue weighted by Crippen LogP contribution is -2.02. The number of rotatable bonds is 4. The van der Waals surface area contributed by atoms with Gasteiger partial charge < -0.3 is 15.4 Å². The molecule has 2 N–H and O–H groups in total. The molecule has 1 rings (SSSR count). The van der Waals surface area contributed by atoms with Crippen LogP contribution in [0.4, 0.5) is 11.4 Å². The van der Waals surface area contributed by atoms with Gasteiger partial charge in [0.2, 0.25) is 0 Å². The van der Waals surface area contributed by atoms with E-state index in [-0.39, 0.29) is 7.43 Å². The average Bonchev–Trinajstić information content (AvgIpc) is 2.15. The van der Waals surface area contributed by atoms with E-state index >= 15 is 0 Å². The van der Waals surface area contributed by atoms with Gasteiger partial charge in [0.15, 0.2) is 0 Å². The Labute approximate surface area is 80.1 Å². The second-order valence-corrected chi connectivity index (χ2v) is 2.44. The highest BCUT2D eigenvalue weighted by Crippen LogP contribution is 2.13. The summed E-state index contributed by atoms with van der Waals surface area (Å²) in [5.74, 6) is 0. The first-order valence-corrected chi connectivity index (χ1v) is 3.87. The Morgan fingerprint density at radius 2 is 2.00 bits per heavy atom. The Morgan fingerprint density at radius 1 is 1.31 bits per heavy atom. The molecule has 3 nitrogen and oxygen atoms in total. The van der Waals surface area contributed by atoms with Crippen LogP contribution in [0.3, 0.4) is 0 Å². The van der Waals surface area contributed by atoms with Gasteiger partial charge in [-0.1, -0.05) is 13.5 Å². The molecular weight excluding hydrogens is 164 g/mol. The van der Waals surface area contributed by atoms with Crippen LogP contribution >= 0.6 is 0 Å². The van der Waals surface area contributed by atoms with Gasteiger partial charge in [-0.05, 0) is 18.2 Å². The van der Waals surface area contributed by atoms with Gasteiger partial charge in [0.25, 0.3) is 0 Å². The van der Waals surface area contributed by atoms with E-state index in [2.05, 4.69) is 10.6 Å². The molecule has 0 aliphatic rings. The molecule has 0 atom stereocenters. The highest BCUT2D eigenvalue weighted by Gasteiger charge is 1.91. The molecule has 0 bridgehead atoms. The Bertz CT molecular complexity index is 238. The normalized spacial score (nSPS) is 8.77. The van der Waals surface area contributed by atoms with Gasteiger partial charge in [0.05, 0.1) is 0 Å². The maximum absolute atomic E-state index is 4.89. The van der Waals surface area contributed by atoms with E-state index < -0.39 is 0 Å². The van der Waals surface area contributed by atoms with Crippen molar-refractivity contribution in [3.63, 3.8) is 0 Å². The highest BCUT2D eigenvalue weighted by atomic mass is 16.5. The van der Waals surface area contributed by atoms with E-state index in [0.29, 0.717) is 6.73 Å². The molecule has 0 aliphatic heterocycles. The Hall–Kier alpha value is -1.22. The summed E-state index contributed by atoms with van der Waals surface area (Å²) >= 11 is 0. The first-order valence-electron chi connectivity index (χ1n) is 3.87. The molecule has 0 spiro atoms. The first-order chi connectivity index (χ1) is 5.86. The molecule has 0 saturated carbocycles. The topological polar surface area (TPSA) is 33.3 Å². The fourth-order valence-corrected chi connectivity index (χ4v) is 0.940. The van der Waals surface area contributed by atoms with Crippen LogP contribution in [0.2, 0.25) is 0 Å². The van der Waals surface area contributed by atoms with E-state index in [9.17, 15) is 0 Å². The zero-order valence-electron chi connectivity index (χ0n) is 7.42. The number of hydrogen-bond donors (Lipinski definition) is 2. The van der Waals surface area contributed by atoms with Gasteiger partial charge in [0, 0.05) is 25.5 Å². The second kappa shape index (κ2) is 6.31. The molecular formula is C10H18N2O. The highest BCUT2D eigenvalue weighted by molar-refractivity contribution is 5.56. The predicted molar refractivity (Wildman–Crippen MR) is 58.2 cm³/mol. The fourth-order valence-electron chi connectivity index (χ4n) is 0.940. The number of ether oxygens (including phenoxy) is 1. The van der Waals surface area contributed by atoms with Gasteiger partial charge in [-0.2, -0.15) is 0 Å². The van der Waals surface area contributed by atoms with Gasteiger partial charge in [-0.25, -0.2) is 0 Å². The fraction of sp³-hybridized carbons (Fsp3) is 0.400. The van der Waals surface area contributed by atoms with Gasteiger partial charge in [0.1, 0.15) is 6.73 Å². The van der Waals surface area contributed by atoms with Crippen molar-refractivity contribution in [3.05, 3.63) is 24.3 Å². The largest absolute Gasteiger partial charge is 0.388 e. The van der Waals surface area contributed by atoms with Crippen LogP contribution in [0.5, 0.6) is 0 Å². The number of nitrogens with one attached hydrogen (secondary N) is 2. The number of hydrogen-bond acceptors (Lipinski definition) is 3. The summed E-state index contributed by atoms with van der Waals surface area (Å²) in [6.07, 6.45) is 0. The molecule has 0 amide bonds. The van der Waals surface area contributed by atoms with Crippen molar-refractivity contribution in [2.75, 3.05) is 31.5 Å². The van der Waals surface area contributed by atoms with Crippen molar-refractivity contribution in [1.82, 2.24) is 0 Å². The molecule has 0 heterocycles. The standard InChI is InChI=1S/C9H14N2O.CH4/c1-10-8-4-3-5-9(6-8)11-7-12-2;/h3-6,10-11H,7H2,1-2H3;1H4. The molecule has 0 fully saturated rings. The summed E-state index contributed by atoms with van der Waals surface area (Å²) in [5.41, 5.74) is 2.15. The van der Waals surface area contributed by atoms with Crippen LogP contribution in [0.1, 0.15) is 7.43 Å². The van der Waals surface area contributed by atoms with Crippen LogP contribution < -0.4 is 10.6 Å². The van der Waals surface area contributed by atoms with E-state index in [1.54, 1.807) is 7.11 Å². The van der Waals surface area contributed by atoms with Crippen molar-refractivity contribution in [3.8, 4) is 0 Å². The molecule has 0 radical (unpaired) electrons. The van der Waals surface area contributed by atoms with E-state index in [1.807, 2.05) is 31.3 Å². The number of methoxy groups -OCH3 is 1. The van der Waals surface area contributed by atoms with Crippen LogP contribution in [-0.4, -0.2) is 20.9 Å². The van der Waals surface area contributed by atoms with Crippen LogP contribution in [0, 0.1) is 0 Å². The monoisotopic (exact) mass is 182 g/mol. The van der Waals surface area contributed by atoms with E-state index in [4.69, 9.17) is 4.74 Å². The maximum Gasteiger partial charge on any atom is 0.116 e. The van der Waals surface area contributed by atoms with Crippen LogP contribution in [-0.2, 0) is 4.74 Å². The molecule has 1 aromatic carbocycles. The lowest BCUT2D eigenvalue weighted by Gasteiger charge is -2.06. The summed E-state index contributed by atoms with van der Waals surface area (Å²) in [7, 11) is 3.56.